The minimum Gasteiger partial charge on any atom is -0.337 e. The van der Waals surface area contributed by atoms with Crippen LogP contribution in [0.5, 0.6) is 0 Å². The van der Waals surface area contributed by atoms with Gasteiger partial charge < -0.3 is 16.4 Å². The van der Waals surface area contributed by atoms with Gasteiger partial charge in [-0.1, -0.05) is 32.9 Å². The van der Waals surface area contributed by atoms with Crippen LogP contribution in [0.3, 0.4) is 0 Å². The number of hydrogen-bond donors (Lipinski definition) is 3. The van der Waals surface area contributed by atoms with Crippen LogP contribution in [-0.2, 0) is 0 Å². The summed E-state index contributed by atoms with van der Waals surface area (Å²) in [5.41, 5.74) is 7.64. The van der Waals surface area contributed by atoms with Crippen LogP contribution in [0.4, 0.5) is 10.5 Å². The van der Waals surface area contributed by atoms with Crippen molar-refractivity contribution >= 4 is 11.7 Å². The number of carbonyl (C=O) groups excluding carboxylic acids is 1. The Morgan fingerprint density at radius 3 is 2.61 bits per heavy atom. The highest BCUT2D eigenvalue weighted by Crippen LogP contribution is 2.15. The van der Waals surface area contributed by atoms with Crippen molar-refractivity contribution in [3.05, 3.63) is 29.8 Å². The Balaban J connectivity index is 2.57. The van der Waals surface area contributed by atoms with Crippen molar-refractivity contribution < 1.29 is 4.79 Å². The molecule has 0 fully saturated rings. The van der Waals surface area contributed by atoms with Gasteiger partial charge in [0.2, 0.25) is 0 Å². The maximum absolute atomic E-state index is 11.7. The summed E-state index contributed by atoms with van der Waals surface area (Å²) in [6.07, 6.45) is 0. The van der Waals surface area contributed by atoms with E-state index in [1.165, 1.54) is 0 Å². The summed E-state index contributed by atoms with van der Waals surface area (Å²) >= 11 is 0. The molecule has 1 atom stereocenters. The molecule has 0 aliphatic carbocycles. The minimum atomic E-state index is -0.188. The Labute approximate surface area is 109 Å². The van der Waals surface area contributed by atoms with Gasteiger partial charge in [-0.2, -0.15) is 0 Å². The number of nitrogens with two attached hydrogens (primary N) is 1. The number of nitrogens with one attached hydrogen (secondary N) is 2. The van der Waals surface area contributed by atoms with Gasteiger partial charge >= 0.3 is 6.03 Å². The van der Waals surface area contributed by atoms with E-state index >= 15 is 0 Å². The standard InChI is InChI=1S/C14H23N3O/c1-10(15)11-6-5-7-12(8-11)17-13(18)16-9-14(2,3)4/h5-8,10H,9,15H2,1-4H3,(H2,16,17,18). The predicted molar refractivity (Wildman–Crippen MR) is 75.5 cm³/mol. The molecule has 18 heavy (non-hydrogen) atoms. The van der Waals surface area contributed by atoms with Crippen molar-refractivity contribution in [2.75, 3.05) is 11.9 Å². The fourth-order valence-corrected chi connectivity index (χ4v) is 1.42. The van der Waals surface area contributed by atoms with Crippen molar-refractivity contribution in [2.24, 2.45) is 11.1 Å². The lowest BCUT2D eigenvalue weighted by molar-refractivity contribution is 0.247. The van der Waals surface area contributed by atoms with E-state index in [1.807, 2.05) is 31.2 Å². The fourth-order valence-electron chi connectivity index (χ4n) is 1.42. The first kappa shape index (κ1) is 14.5. The molecule has 1 aromatic carbocycles. The van der Waals surface area contributed by atoms with Crippen LogP contribution in [0.25, 0.3) is 0 Å². The Morgan fingerprint density at radius 1 is 1.39 bits per heavy atom. The van der Waals surface area contributed by atoms with Gasteiger partial charge in [0.05, 0.1) is 0 Å². The Hall–Kier alpha value is -1.55. The molecule has 1 unspecified atom stereocenters. The monoisotopic (exact) mass is 249 g/mol. The van der Waals surface area contributed by atoms with E-state index < -0.39 is 0 Å². The molecule has 0 saturated heterocycles. The first-order valence-corrected chi connectivity index (χ1v) is 6.18. The molecule has 0 heterocycles. The van der Waals surface area contributed by atoms with E-state index in [4.69, 9.17) is 5.73 Å². The number of amides is 2. The summed E-state index contributed by atoms with van der Waals surface area (Å²) < 4.78 is 0. The van der Waals surface area contributed by atoms with E-state index in [0.717, 1.165) is 11.3 Å². The fraction of sp³-hybridized carbons (Fsp3) is 0.500. The molecule has 2 amide bonds. The lowest BCUT2D eigenvalue weighted by Crippen LogP contribution is -2.35. The van der Waals surface area contributed by atoms with Crippen LogP contribution in [0.2, 0.25) is 0 Å². The minimum absolute atomic E-state index is 0.0376. The van der Waals surface area contributed by atoms with Crippen LogP contribution < -0.4 is 16.4 Å². The van der Waals surface area contributed by atoms with E-state index in [1.54, 1.807) is 0 Å². The van der Waals surface area contributed by atoms with Gasteiger partial charge in [0, 0.05) is 18.3 Å². The SMILES string of the molecule is CC(N)c1cccc(NC(=O)NCC(C)(C)C)c1. The second kappa shape index (κ2) is 5.87. The van der Waals surface area contributed by atoms with Crippen LogP contribution in [-0.4, -0.2) is 12.6 Å². The summed E-state index contributed by atoms with van der Waals surface area (Å²) in [6, 6.07) is 7.35. The molecule has 0 saturated carbocycles. The van der Waals surface area contributed by atoms with E-state index in [9.17, 15) is 4.79 Å². The van der Waals surface area contributed by atoms with Crippen LogP contribution in [0.1, 0.15) is 39.3 Å². The molecular formula is C14H23N3O. The third kappa shape index (κ3) is 5.19. The molecule has 4 nitrogen and oxygen atoms in total. The summed E-state index contributed by atoms with van der Waals surface area (Å²) in [4.78, 5) is 11.7. The highest BCUT2D eigenvalue weighted by molar-refractivity contribution is 5.89. The molecule has 0 aromatic heterocycles. The van der Waals surface area contributed by atoms with Crippen molar-refractivity contribution in [1.29, 1.82) is 0 Å². The van der Waals surface area contributed by atoms with Gasteiger partial charge in [-0.25, -0.2) is 4.79 Å². The Morgan fingerprint density at radius 2 is 2.06 bits per heavy atom. The normalized spacial score (nSPS) is 12.9. The van der Waals surface area contributed by atoms with Gasteiger partial charge in [0.1, 0.15) is 0 Å². The number of carbonyl (C=O) groups is 1. The zero-order valence-corrected chi connectivity index (χ0v) is 11.6. The summed E-state index contributed by atoms with van der Waals surface area (Å²) in [5.74, 6) is 0. The number of benzene rings is 1. The van der Waals surface area contributed by atoms with Crippen LogP contribution in [0.15, 0.2) is 24.3 Å². The van der Waals surface area contributed by atoms with E-state index in [-0.39, 0.29) is 17.5 Å². The lowest BCUT2D eigenvalue weighted by Gasteiger charge is -2.19. The average Bonchev–Trinajstić information content (AvgIpc) is 2.26. The largest absolute Gasteiger partial charge is 0.337 e. The zero-order chi connectivity index (χ0) is 13.8. The number of urea groups is 1. The predicted octanol–water partition coefficient (Wildman–Crippen LogP) is 2.87. The smallest absolute Gasteiger partial charge is 0.319 e. The Kier molecular flexibility index (Phi) is 4.73. The number of anilines is 1. The molecule has 0 radical (unpaired) electrons. The van der Waals surface area contributed by atoms with Crippen molar-refractivity contribution in [3.8, 4) is 0 Å². The van der Waals surface area contributed by atoms with Gasteiger partial charge in [0.15, 0.2) is 0 Å². The number of rotatable bonds is 3. The van der Waals surface area contributed by atoms with Crippen LogP contribution in [0, 0.1) is 5.41 Å². The molecular weight excluding hydrogens is 226 g/mol. The quantitative estimate of drug-likeness (QED) is 0.771. The highest BCUT2D eigenvalue weighted by Gasteiger charge is 2.11. The summed E-state index contributed by atoms with van der Waals surface area (Å²) in [5, 5.41) is 5.64. The van der Waals surface area contributed by atoms with Crippen LogP contribution >= 0.6 is 0 Å². The van der Waals surface area contributed by atoms with E-state index in [0.29, 0.717) is 6.54 Å². The maximum atomic E-state index is 11.7. The van der Waals surface area contributed by atoms with Crippen molar-refractivity contribution in [3.63, 3.8) is 0 Å². The molecule has 0 aliphatic heterocycles. The van der Waals surface area contributed by atoms with Gasteiger partial charge in [-0.15, -0.1) is 0 Å². The molecule has 0 bridgehead atoms. The van der Waals surface area contributed by atoms with Crippen molar-refractivity contribution in [1.82, 2.24) is 5.32 Å². The third-order valence-corrected chi connectivity index (χ3v) is 2.45. The van der Waals surface area contributed by atoms with Gasteiger partial charge in [-0.05, 0) is 30.0 Å². The molecule has 1 rings (SSSR count). The maximum Gasteiger partial charge on any atom is 0.319 e. The molecule has 0 spiro atoms. The zero-order valence-electron chi connectivity index (χ0n) is 11.6. The number of hydrogen-bond acceptors (Lipinski definition) is 2. The van der Waals surface area contributed by atoms with Gasteiger partial charge in [0.25, 0.3) is 0 Å². The third-order valence-electron chi connectivity index (χ3n) is 2.45. The molecule has 4 N–H and O–H groups in total. The second-order valence-corrected chi connectivity index (χ2v) is 5.78. The summed E-state index contributed by atoms with van der Waals surface area (Å²) in [6.45, 7) is 8.77. The highest BCUT2D eigenvalue weighted by atomic mass is 16.2. The van der Waals surface area contributed by atoms with Gasteiger partial charge in [-0.3, -0.25) is 0 Å². The first-order valence-electron chi connectivity index (χ1n) is 6.18. The second-order valence-electron chi connectivity index (χ2n) is 5.78. The molecule has 0 aliphatic rings. The first-order chi connectivity index (χ1) is 8.28. The Bertz CT molecular complexity index is 408. The van der Waals surface area contributed by atoms with E-state index in [2.05, 4.69) is 31.4 Å². The molecule has 4 heteroatoms. The topological polar surface area (TPSA) is 67.1 Å². The lowest BCUT2D eigenvalue weighted by atomic mass is 9.97. The average molecular weight is 249 g/mol. The summed E-state index contributed by atoms with van der Waals surface area (Å²) in [7, 11) is 0. The molecule has 1 aromatic rings. The molecule has 100 valence electrons. The van der Waals surface area contributed by atoms with Crippen molar-refractivity contribution in [2.45, 2.75) is 33.7 Å².